The Balaban J connectivity index is 2.13. The minimum atomic E-state index is 0.183. The van der Waals surface area contributed by atoms with Crippen molar-refractivity contribution < 1.29 is 0 Å². The molecule has 4 heteroatoms. The summed E-state index contributed by atoms with van der Waals surface area (Å²) in [4.78, 5) is 5.68. The molecule has 0 amide bonds. The van der Waals surface area contributed by atoms with Crippen LogP contribution in [-0.2, 0) is 0 Å². The number of fused-ring (bicyclic) bond motifs is 1. The quantitative estimate of drug-likeness (QED) is 0.768. The van der Waals surface area contributed by atoms with Gasteiger partial charge in [0.15, 0.2) is 0 Å². The summed E-state index contributed by atoms with van der Waals surface area (Å²) in [6.45, 7) is 0.584. The van der Waals surface area contributed by atoms with Crippen LogP contribution in [0, 0.1) is 0 Å². The molecule has 3 rings (SSSR count). The summed E-state index contributed by atoms with van der Waals surface area (Å²) in [5.41, 5.74) is 8.06. The molecule has 1 unspecified atom stereocenters. The number of nitrogens with zero attached hydrogens (tertiary/aromatic N) is 2. The highest BCUT2D eigenvalue weighted by molar-refractivity contribution is 7.10. The van der Waals surface area contributed by atoms with Crippen molar-refractivity contribution in [2.24, 2.45) is 5.73 Å². The molecule has 0 bridgehead atoms. The standard InChI is InChI=1S/C13H13N3S/c14-8-12(13-6-3-7-17-13)16-9-15-10-4-1-2-5-11(10)16/h1-7,9,12H,8,14H2. The van der Waals surface area contributed by atoms with Gasteiger partial charge in [0, 0.05) is 11.4 Å². The number of hydrogen-bond acceptors (Lipinski definition) is 3. The first kappa shape index (κ1) is 10.5. The number of imidazole rings is 1. The zero-order chi connectivity index (χ0) is 11.7. The number of para-hydroxylation sites is 2. The van der Waals surface area contributed by atoms with Gasteiger partial charge in [-0.15, -0.1) is 11.3 Å². The smallest absolute Gasteiger partial charge is 0.0964 e. The van der Waals surface area contributed by atoms with Crippen molar-refractivity contribution in [3.63, 3.8) is 0 Å². The average Bonchev–Trinajstić information content (AvgIpc) is 3.01. The fraction of sp³-hybridized carbons (Fsp3) is 0.154. The highest BCUT2D eigenvalue weighted by Gasteiger charge is 2.15. The van der Waals surface area contributed by atoms with Crippen LogP contribution < -0.4 is 5.73 Å². The molecule has 0 saturated heterocycles. The second-order valence-corrected chi connectivity index (χ2v) is 4.89. The average molecular weight is 243 g/mol. The van der Waals surface area contributed by atoms with Gasteiger partial charge in [0.1, 0.15) is 0 Å². The van der Waals surface area contributed by atoms with Gasteiger partial charge in [-0.1, -0.05) is 18.2 Å². The Hall–Kier alpha value is -1.65. The number of thiophene rings is 1. The van der Waals surface area contributed by atoms with Crippen LogP contribution in [0.25, 0.3) is 11.0 Å². The zero-order valence-corrected chi connectivity index (χ0v) is 10.1. The highest BCUT2D eigenvalue weighted by atomic mass is 32.1. The Kier molecular flexibility index (Phi) is 2.66. The molecule has 17 heavy (non-hydrogen) atoms. The molecule has 2 aromatic heterocycles. The lowest BCUT2D eigenvalue weighted by Gasteiger charge is -2.15. The molecule has 1 aromatic carbocycles. The van der Waals surface area contributed by atoms with Gasteiger partial charge in [-0.05, 0) is 23.6 Å². The number of benzene rings is 1. The first-order valence-electron chi connectivity index (χ1n) is 5.55. The summed E-state index contributed by atoms with van der Waals surface area (Å²) in [6, 6.07) is 12.5. The summed E-state index contributed by atoms with van der Waals surface area (Å²) in [7, 11) is 0. The third-order valence-electron chi connectivity index (χ3n) is 2.91. The van der Waals surface area contributed by atoms with Crippen molar-refractivity contribution in [3.05, 3.63) is 53.0 Å². The third-order valence-corrected chi connectivity index (χ3v) is 3.89. The van der Waals surface area contributed by atoms with Crippen LogP contribution in [-0.4, -0.2) is 16.1 Å². The summed E-state index contributed by atoms with van der Waals surface area (Å²) >= 11 is 1.73. The molecular formula is C13H13N3S. The first-order valence-corrected chi connectivity index (χ1v) is 6.43. The molecule has 0 aliphatic heterocycles. The first-order chi connectivity index (χ1) is 8.40. The minimum absolute atomic E-state index is 0.183. The van der Waals surface area contributed by atoms with Crippen molar-refractivity contribution in [2.45, 2.75) is 6.04 Å². The van der Waals surface area contributed by atoms with E-state index in [0.29, 0.717) is 6.54 Å². The van der Waals surface area contributed by atoms with Crippen LogP contribution in [0.3, 0.4) is 0 Å². The molecule has 0 aliphatic rings. The van der Waals surface area contributed by atoms with Crippen molar-refractivity contribution in [3.8, 4) is 0 Å². The molecule has 0 saturated carbocycles. The summed E-state index contributed by atoms with van der Waals surface area (Å²) in [5, 5.41) is 2.08. The lowest BCUT2D eigenvalue weighted by atomic mass is 10.2. The second-order valence-electron chi connectivity index (χ2n) is 3.91. The van der Waals surface area contributed by atoms with Crippen molar-refractivity contribution in [1.29, 1.82) is 0 Å². The van der Waals surface area contributed by atoms with E-state index in [1.54, 1.807) is 11.3 Å². The molecule has 0 radical (unpaired) electrons. The Morgan fingerprint density at radius 1 is 1.24 bits per heavy atom. The third kappa shape index (κ3) is 1.75. The fourth-order valence-electron chi connectivity index (χ4n) is 2.07. The van der Waals surface area contributed by atoms with Crippen LogP contribution in [0.1, 0.15) is 10.9 Å². The van der Waals surface area contributed by atoms with Gasteiger partial charge in [0.2, 0.25) is 0 Å². The highest BCUT2D eigenvalue weighted by Crippen LogP contribution is 2.25. The van der Waals surface area contributed by atoms with E-state index in [1.165, 1.54) is 4.88 Å². The SMILES string of the molecule is NCC(c1cccs1)n1cnc2ccccc21. The predicted octanol–water partition coefficient (Wildman–Crippen LogP) is 2.65. The predicted molar refractivity (Wildman–Crippen MR) is 71.2 cm³/mol. The lowest BCUT2D eigenvalue weighted by molar-refractivity contribution is 0.620. The van der Waals surface area contributed by atoms with E-state index in [2.05, 4.69) is 33.1 Å². The van der Waals surface area contributed by atoms with Crippen molar-refractivity contribution in [2.75, 3.05) is 6.54 Å². The van der Waals surface area contributed by atoms with Gasteiger partial charge >= 0.3 is 0 Å². The van der Waals surface area contributed by atoms with Crippen LogP contribution >= 0.6 is 11.3 Å². The van der Waals surface area contributed by atoms with Gasteiger partial charge in [-0.2, -0.15) is 0 Å². The Morgan fingerprint density at radius 2 is 2.12 bits per heavy atom. The summed E-state index contributed by atoms with van der Waals surface area (Å²) < 4.78 is 2.15. The van der Waals surface area contributed by atoms with Crippen LogP contribution in [0.15, 0.2) is 48.1 Å². The Labute approximate surface area is 104 Å². The molecular weight excluding hydrogens is 230 g/mol. The molecule has 3 aromatic rings. The van der Waals surface area contributed by atoms with Crippen LogP contribution in [0.4, 0.5) is 0 Å². The maximum atomic E-state index is 5.90. The van der Waals surface area contributed by atoms with Gasteiger partial charge < -0.3 is 10.3 Å². The fourth-order valence-corrected chi connectivity index (χ4v) is 2.91. The lowest BCUT2D eigenvalue weighted by Crippen LogP contribution is -2.18. The molecule has 2 N–H and O–H groups in total. The van der Waals surface area contributed by atoms with E-state index in [9.17, 15) is 0 Å². The van der Waals surface area contributed by atoms with E-state index < -0.39 is 0 Å². The second kappa shape index (κ2) is 4.31. The maximum Gasteiger partial charge on any atom is 0.0964 e. The van der Waals surface area contributed by atoms with E-state index >= 15 is 0 Å². The Bertz CT molecular complexity index is 612. The number of hydrogen-bond donors (Lipinski definition) is 1. The van der Waals surface area contributed by atoms with E-state index in [-0.39, 0.29) is 6.04 Å². The van der Waals surface area contributed by atoms with Crippen LogP contribution in [0.5, 0.6) is 0 Å². The molecule has 0 fully saturated rings. The Morgan fingerprint density at radius 3 is 2.88 bits per heavy atom. The number of nitrogens with two attached hydrogens (primary N) is 1. The minimum Gasteiger partial charge on any atom is -0.328 e. The topological polar surface area (TPSA) is 43.8 Å². The van der Waals surface area contributed by atoms with E-state index in [4.69, 9.17) is 5.73 Å². The number of rotatable bonds is 3. The van der Waals surface area contributed by atoms with Gasteiger partial charge in [-0.3, -0.25) is 0 Å². The summed E-state index contributed by atoms with van der Waals surface area (Å²) in [6.07, 6.45) is 1.88. The zero-order valence-electron chi connectivity index (χ0n) is 9.28. The molecule has 86 valence electrons. The van der Waals surface area contributed by atoms with E-state index in [1.807, 2.05) is 24.5 Å². The van der Waals surface area contributed by atoms with Crippen molar-refractivity contribution in [1.82, 2.24) is 9.55 Å². The van der Waals surface area contributed by atoms with Crippen LogP contribution in [0.2, 0.25) is 0 Å². The number of aromatic nitrogens is 2. The van der Waals surface area contributed by atoms with Crippen molar-refractivity contribution >= 4 is 22.4 Å². The molecule has 2 heterocycles. The normalized spacial score (nSPS) is 13.0. The van der Waals surface area contributed by atoms with Gasteiger partial charge in [0.05, 0.1) is 23.4 Å². The molecule has 1 atom stereocenters. The monoisotopic (exact) mass is 243 g/mol. The largest absolute Gasteiger partial charge is 0.328 e. The maximum absolute atomic E-state index is 5.90. The van der Waals surface area contributed by atoms with E-state index in [0.717, 1.165) is 11.0 Å². The summed E-state index contributed by atoms with van der Waals surface area (Å²) in [5.74, 6) is 0. The molecule has 0 aliphatic carbocycles. The molecule has 3 nitrogen and oxygen atoms in total. The molecule has 0 spiro atoms. The van der Waals surface area contributed by atoms with Gasteiger partial charge in [-0.25, -0.2) is 4.98 Å². The van der Waals surface area contributed by atoms with Gasteiger partial charge in [0.25, 0.3) is 0 Å².